The summed E-state index contributed by atoms with van der Waals surface area (Å²) in [6.45, 7) is 5.72. The minimum absolute atomic E-state index is 0. The van der Waals surface area contributed by atoms with E-state index in [9.17, 15) is 0 Å². The Kier molecular flexibility index (Phi) is 11.4. The third kappa shape index (κ3) is 7.16. The number of nitrogens with zero attached hydrogens (tertiary/aromatic N) is 3. The van der Waals surface area contributed by atoms with Gasteiger partial charge in [0.05, 0.1) is 21.3 Å². The Labute approximate surface area is 210 Å². The molecule has 0 radical (unpaired) electrons. The lowest BCUT2D eigenvalue weighted by atomic mass is 9.97. The molecule has 2 aliphatic rings. The van der Waals surface area contributed by atoms with Crippen molar-refractivity contribution in [3.05, 3.63) is 29.3 Å². The van der Waals surface area contributed by atoms with Gasteiger partial charge in [0.2, 0.25) is 5.75 Å². The molecule has 32 heavy (non-hydrogen) atoms. The van der Waals surface area contributed by atoms with Gasteiger partial charge in [-0.25, -0.2) is 0 Å². The number of guanidine groups is 1. The lowest BCUT2D eigenvalue weighted by Gasteiger charge is -2.36. The van der Waals surface area contributed by atoms with Gasteiger partial charge >= 0.3 is 0 Å². The Bertz CT molecular complexity index is 752. The normalized spacial score (nSPS) is 17.3. The minimum atomic E-state index is 0. The average molecular weight is 559 g/mol. The van der Waals surface area contributed by atoms with Gasteiger partial charge in [-0.3, -0.25) is 9.89 Å². The average Bonchev–Trinajstić information content (AvgIpc) is 2.82. The van der Waals surface area contributed by atoms with Gasteiger partial charge in [0.15, 0.2) is 17.5 Å². The molecular formula is C24H39IN4O3. The molecule has 3 rings (SSSR count). The van der Waals surface area contributed by atoms with Crippen LogP contribution in [0.5, 0.6) is 17.2 Å². The molecule has 0 spiro atoms. The second-order valence-electron chi connectivity index (χ2n) is 8.13. The minimum Gasteiger partial charge on any atom is -0.493 e. The van der Waals surface area contributed by atoms with Gasteiger partial charge in [0.25, 0.3) is 0 Å². The second-order valence-corrected chi connectivity index (χ2v) is 8.13. The van der Waals surface area contributed by atoms with Gasteiger partial charge in [-0.15, -0.1) is 24.0 Å². The van der Waals surface area contributed by atoms with Gasteiger partial charge in [-0.1, -0.05) is 11.6 Å². The monoisotopic (exact) mass is 558 g/mol. The number of nitrogens with one attached hydrogen (secondary N) is 1. The molecule has 1 heterocycles. The van der Waals surface area contributed by atoms with E-state index >= 15 is 0 Å². The topological polar surface area (TPSA) is 58.6 Å². The molecule has 8 heteroatoms. The van der Waals surface area contributed by atoms with E-state index in [2.05, 4.69) is 26.2 Å². The first-order chi connectivity index (χ1) is 15.2. The Morgan fingerprint density at radius 3 is 2.22 bits per heavy atom. The molecule has 1 aliphatic carbocycles. The van der Waals surface area contributed by atoms with Crippen molar-refractivity contribution < 1.29 is 14.2 Å². The summed E-state index contributed by atoms with van der Waals surface area (Å²) in [4.78, 5) is 9.33. The van der Waals surface area contributed by atoms with Gasteiger partial charge in [0, 0.05) is 46.3 Å². The summed E-state index contributed by atoms with van der Waals surface area (Å²) in [6, 6.07) is 4.07. The van der Waals surface area contributed by atoms with Crippen LogP contribution in [-0.2, 0) is 6.54 Å². The summed E-state index contributed by atoms with van der Waals surface area (Å²) < 4.78 is 16.4. The molecule has 0 saturated carbocycles. The zero-order valence-corrected chi connectivity index (χ0v) is 22.3. The van der Waals surface area contributed by atoms with Crippen molar-refractivity contribution in [2.75, 3.05) is 61.1 Å². The molecule has 1 N–H and O–H groups in total. The van der Waals surface area contributed by atoms with Crippen LogP contribution in [0.2, 0.25) is 0 Å². The summed E-state index contributed by atoms with van der Waals surface area (Å²) in [5.41, 5.74) is 2.76. The quantitative estimate of drug-likeness (QED) is 0.226. The van der Waals surface area contributed by atoms with E-state index in [1.54, 1.807) is 26.9 Å². The Morgan fingerprint density at radius 1 is 1.00 bits per heavy atom. The second kappa shape index (κ2) is 13.8. The third-order valence-corrected chi connectivity index (χ3v) is 6.13. The van der Waals surface area contributed by atoms with E-state index in [4.69, 9.17) is 14.2 Å². The molecule has 0 atom stereocenters. The molecule has 1 aromatic carbocycles. The van der Waals surface area contributed by atoms with Crippen LogP contribution in [0.15, 0.2) is 28.8 Å². The lowest BCUT2D eigenvalue weighted by molar-refractivity contribution is 0.172. The number of methoxy groups -OCH3 is 3. The molecule has 180 valence electrons. The maximum absolute atomic E-state index is 5.49. The fraction of sp³-hybridized carbons (Fsp3) is 0.625. The third-order valence-electron chi connectivity index (χ3n) is 6.13. The number of hydrogen-bond donors (Lipinski definition) is 1. The highest BCUT2D eigenvalue weighted by molar-refractivity contribution is 14.0. The van der Waals surface area contributed by atoms with Gasteiger partial charge < -0.3 is 24.4 Å². The molecule has 1 fully saturated rings. The van der Waals surface area contributed by atoms with Gasteiger partial charge in [0.1, 0.15) is 0 Å². The standard InChI is InChI=1S/C24H38N4O3.HI/c1-25-24(26-11-10-19-8-6-5-7-9-19)28-14-12-27(13-15-28)18-20-16-21(29-2)23(31-4)22(17-20)30-3;/h8,16-17H,5-7,9-15,18H2,1-4H3,(H,25,26);1H. The molecule has 0 amide bonds. The number of hydrogen-bond acceptors (Lipinski definition) is 5. The molecule has 1 aromatic rings. The summed E-state index contributed by atoms with van der Waals surface area (Å²) in [7, 11) is 6.82. The van der Waals surface area contributed by atoms with Crippen molar-refractivity contribution in [3.63, 3.8) is 0 Å². The van der Waals surface area contributed by atoms with Crippen molar-refractivity contribution >= 4 is 29.9 Å². The predicted molar refractivity (Wildman–Crippen MR) is 141 cm³/mol. The highest BCUT2D eigenvalue weighted by Crippen LogP contribution is 2.38. The van der Waals surface area contributed by atoms with Crippen molar-refractivity contribution in [1.29, 1.82) is 0 Å². The van der Waals surface area contributed by atoms with Crippen LogP contribution < -0.4 is 19.5 Å². The van der Waals surface area contributed by atoms with Crippen LogP contribution >= 0.6 is 24.0 Å². The summed E-state index contributed by atoms with van der Waals surface area (Å²) in [6.07, 6.45) is 8.75. The van der Waals surface area contributed by atoms with Crippen LogP contribution in [0.3, 0.4) is 0 Å². The highest BCUT2D eigenvalue weighted by Gasteiger charge is 2.21. The number of ether oxygens (including phenoxy) is 3. The lowest BCUT2D eigenvalue weighted by Crippen LogP contribution is -2.52. The van der Waals surface area contributed by atoms with E-state index in [0.29, 0.717) is 17.2 Å². The van der Waals surface area contributed by atoms with Crippen molar-refractivity contribution in [3.8, 4) is 17.2 Å². The first-order valence-corrected chi connectivity index (χ1v) is 11.3. The largest absolute Gasteiger partial charge is 0.493 e. The number of halogens is 1. The summed E-state index contributed by atoms with van der Waals surface area (Å²) >= 11 is 0. The maximum atomic E-state index is 5.49. The van der Waals surface area contributed by atoms with Crippen molar-refractivity contribution in [2.45, 2.75) is 38.6 Å². The van der Waals surface area contributed by atoms with Gasteiger partial charge in [-0.05, 0) is 49.8 Å². The van der Waals surface area contributed by atoms with E-state index in [1.165, 1.54) is 25.7 Å². The van der Waals surface area contributed by atoms with E-state index in [0.717, 1.165) is 57.2 Å². The van der Waals surface area contributed by atoms with Crippen LogP contribution in [0.4, 0.5) is 0 Å². The van der Waals surface area contributed by atoms with Crippen LogP contribution in [0.25, 0.3) is 0 Å². The molecule has 0 bridgehead atoms. The highest BCUT2D eigenvalue weighted by atomic mass is 127. The van der Waals surface area contributed by atoms with Crippen molar-refractivity contribution in [1.82, 2.24) is 15.1 Å². The fourth-order valence-electron chi connectivity index (χ4n) is 4.40. The van der Waals surface area contributed by atoms with Crippen molar-refractivity contribution in [2.24, 2.45) is 4.99 Å². The summed E-state index contributed by atoms with van der Waals surface area (Å²) in [5, 5.41) is 3.56. The Hall–Kier alpha value is -1.68. The first-order valence-electron chi connectivity index (χ1n) is 11.3. The maximum Gasteiger partial charge on any atom is 0.203 e. The number of piperazine rings is 1. The fourth-order valence-corrected chi connectivity index (χ4v) is 4.40. The first kappa shape index (κ1) is 26.6. The Balaban J connectivity index is 0.00000363. The SMILES string of the molecule is CN=C(NCCC1=CCCCC1)N1CCN(Cc2cc(OC)c(OC)c(OC)c2)CC1.I. The van der Waals surface area contributed by atoms with E-state index in [-0.39, 0.29) is 24.0 Å². The molecule has 1 saturated heterocycles. The zero-order valence-electron chi connectivity index (χ0n) is 20.0. The molecule has 7 nitrogen and oxygen atoms in total. The van der Waals surface area contributed by atoms with Crippen LogP contribution in [-0.4, -0.2) is 76.9 Å². The van der Waals surface area contributed by atoms with Crippen LogP contribution in [0, 0.1) is 0 Å². The number of benzene rings is 1. The summed E-state index contributed by atoms with van der Waals surface area (Å²) in [5.74, 6) is 3.06. The van der Waals surface area contributed by atoms with E-state index < -0.39 is 0 Å². The number of rotatable bonds is 8. The smallest absolute Gasteiger partial charge is 0.203 e. The predicted octanol–water partition coefficient (Wildman–Crippen LogP) is 3.91. The number of allylic oxidation sites excluding steroid dienone is 1. The Morgan fingerprint density at radius 2 is 1.69 bits per heavy atom. The van der Waals surface area contributed by atoms with Gasteiger partial charge in [-0.2, -0.15) is 0 Å². The molecule has 0 aromatic heterocycles. The molecule has 0 unspecified atom stereocenters. The van der Waals surface area contributed by atoms with E-state index in [1.807, 2.05) is 19.2 Å². The molecular weight excluding hydrogens is 519 g/mol. The molecule has 1 aliphatic heterocycles. The zero-order chi connectivity index (χ0) is 22.1. The van der Waals surface area contributed by atoms with Crippen LogP contribution in [0.1, 0.15) is 37.7 Å². The number of aliphatic imine (C=N–C) groups is 1.